The largest absolute Gasteiger partial charge is 0.312 e. The van der Waals surface area contributed by atoms with Gasteiger partial charge in [0.2, 0.25) is 5.91 Å². The summed E-state index contributed by atoms with van der Waals surface area (Å²) in [6.45, 7) is 2.56. The molecule has 1 unspecified atom stereocenters. The zero-order valence-electron chi connectivity index (χ0n) is 10.0. The van der Waals surface area contributed by atoms with Crippen molar-refractivity contribution in [3.05, 3.63) is 29.8 Å². The van der Waals surface area contributed by atoms with Crippen LogP contribution in [-0.2, 0) is 11.2 Å². The number of amides is 1. The molecule has 0 spiro atoms. The minimum atomic E-state index is -0.211. The third-order valence-corrected chi connectivity index (χ3v) is 3.11. The first-order valence-corrected chi connectivity index (χ1v) is 6.00. The molecule has 3 heteroatoms. The van der Waals surface area contributed by atoms with E-state index >= 15 is 0 Å². The van der Waals surface area contributed by atoms with Gasteiger partial charge < -0.3 is 4.90 Å². The predicted octanol–water partition coefficient (Wildman–Crippen LogP) is 2.52. The first-order chi connectivity index (χ1) is 8.22. The van der Waals surface area contributed by atoms with Gasteiger partial charge in [0.1, 0.15) is 0 Å². The number of hydrogen-bond acceptors (Lipinski definition) is 2. The lowest BCUT2D eigenvalue weighted by Gasteiger charge is -2.29. The van der Waals surface area contributed by atoms with Gasteiger partial charge in [0.15, 0.2) is 0 Å². The number of nitriles is 1. The second kappa shape index (κ2) is 5.01. The minimum absolute atomic E-state index is 0.0613. The molecule has 0 N–H and O–H groups in total. The normalized spacial score (nSPS) is 15.9. The smallest absolute Gasteiger partial charge is 0.228 e. The molecule has 1 heterocycles. The van der Waals surface area contributed by atoms with Crippen LogP contribution in [0.15, 0.2) is 24.3 Å². The van der Waals surface area contributed by atoms with E-state index in [4.69, 9.17) is 5.26 Å². The third-order valence-electron chi connectivity index (χ3n) is 3.11. The van der Waals surface area contributed by atoms with Crippen molar-refractivity contribution in [3.63, 3.8) is 0 Å². The van der Waals surface area contributed by atoms with Crippen LogP contribution in [0.25, 0.3) is 0 Å². The van der Waals surface area contributed by atoms with Gasteiger partial charge in [-0.2, -0.15) is 5.26 Å². The fourth-order valence-electron chi connectivity index (χ4n) is 2.21. The Morgan fingerprint density at radius 3 is 3.06 bits per heavy atom. The molecule has 1 aliphatic rings. The van der Waals surface area contributed by atoms with Gasteiger partial charge in [-0.05, 0) is 31.4 Å². The summed E-state index contributed by atoms with van der Waals surface area (Å²) < 4.78 is 0. The molecule has 0 aliphatic carbocycles. The SMILES string of the molecule is CC(C#N)CC(=O)N1CCCc2ccccc21. The van der Waals surface area contributed by atoms with E-state index in [-0.39, 0.29) is 11.8 Å². The number of carbonyl (C=O) groups excluding carboxylic acids is 1. The van der Waals surface area contributed by atoms with Crippen LogP contribution in [0.1, 0.15) is 25.3 Å². The summed E-state index contributed by atoms with van der Waals surface area (Å²) in [6.07, 6.45) is 2.35. The van der Waals surface area contributed by atoms with Crippen molar-refractivity contribution in [2.24, 2.45) is 5.92 Å². The molecule has 1 atom stereocenters. The van der Waals surface area contributed by atoms with E-state index in [1.165, 1.54) is 5.56 Å². The molecular weight excluding hydrogens is 212 g/mol. The van der Waals surface area contributed by atoms with E-state index in [0.717, 1.165) is 25.1 Å². The standard InChI is InChI=1S/C14H16N2O/c1-11(10-15)9-14(17)16-8-4-6-12-5-2-3-7-13(12)16/h2-3,5,7,11H,4,6,8-9H2,1H3. The van der Waals surface area contributed by atoms with Crippen molar-refractivity contribution >= 4 is 11.6 Å². The Hall–Kier alpha value is -1.82. The Morgan fingerprint density at radius 2 is 2.29 bits per heavy atom. The summed E-state index contributed by atoms with van der Waals surface area (Å²) in [6, 6.07) is 10.1. The molecule has 1 aromatic rings. The van der Waals surface area contributed by atoms with Crippen molar-refractivity contribution in [1.82, 2.24) is 0 Å². The van der Waals surface area contributed by atoms with Crippen LogP contribution in [0.3, 0.4) is 0 Å². The molecule has 1 aromatic carbocycles. The molecule has 0 fully saturated rings. The monoisotopic (exact) mass is 228 g/mol. The number of benzene rings is 1. The number of para-hydroxylation sites is 1. The Morgan fingerprint density at radius 1 is 1.53 bits per heavy atom. The minimum Gasteiger partial charge on any atom is -0.312 e. The number of aryl methyl sites for hydroxylation is 1. The lowest BCUT2D eigenvalue weighted by atomic mass is 10.0. The molecule has 17 heavy (non-hydrogen) atoms. The summed E-state index contributed by atoms with van der Waals surface area (Å²) in [5.74, 6) is -0.150. The van der Waals surface area contributed by atoms with Gasteiger partial charge in [-0.25, -0.2) is 0 Å². The highest BCUT2D eigenvalue weighted by molar-refractivity contribution is 5.94. The number of anilines is 1. The number of rotatable bonds is 2. The fraction of sp³-hybridized carbons (Fsp3) is 0.429. The van der Waals surface area contributed by atoms with Crippen LogP contribution >= 0.6 is 0 Å². The van der Waals surface area contributed by atoms with Crippen LogP contribution in [-0.4, -0.2) is 12.5 Å². The first kappa shape index (κ1) is 11.7. The molecule has 0 saturated heterocycles. The highest BCUT2D eigenvalue weighted by Gasteiger charge is 2.22. The first-order valence-electron chi connectivity index (χ1n) is 6.00. The Balaban J connectivity index is 2.19. The van der Waals surface area contributed by atoms with Crippen LogP contribution in [0.2, 0.25) is 0 Å². The number of nitrogens with zero attached hydrogens (tertiary/aromatic N) is 2. The molecule has 0 radical (unpaired) electrons. The predicted molar refractivity (Wildman–Crippen MR) is 66.5 cm³/mol. The molecule has 88 valence electrons. The molecular formula is C14H16N2O. The van der Waals surface area contributed by atoms with Gasteiger partial charge in [0.25, 0.3) is 0 Å². The molecule has 2 rings (SSSR count). The maximum Gasteiger partial charge on any atom is 0.228 e. The lowest BCUT2D eigenvalue weighted by molar-refractivity contribution is -0.119. The van der Waals surface area contributed by atoms with Gasteiger partial charge in [-0.1, -0.05) is 18.2 Å². The van der Waals surface area contributed by atoms with Gasteiger partial charge in [0, 0.05) is 18.7 Å². The van der Waals surface area contributed by atoms with Crippen molar-refractivity contribution in [3.8, 4) is 6.07 Å². The zero-order valence-corrected chi connectivity index (χ0v) is 10.0. The Bertz CT molecular complexity index is 462. The highest BCUT2D eigenvalue weighted by atomic mass is 16.2. The molecule has 0 saturated carbocycles. The summed E-state index contributed by atoms with van der Waals surface area (Å²) in [5.41, 5.74) is 2.26. The van der Waals surface area contributed by atoms with E-state index in [9.17, 15) is 4.79 Å². The van der Waals surface area contributed by atoms with E-state index in [0.29, 0.717) is 6.42 Å². The van der Waals surface area contributed by atoms with Crippen LogP contribution in [0, 0.1) is 17.2 Å². The quantitative estimate of drug-likeness (QED) is 0.780. The van der Waals surface area contributed by atoms with Crippen LogP contribution in [0.5, 0.6) is 0 Å². The number of carbonyl (C=O) groups is 1. The fourth-order valence-corrected chi connectivity index (χ4v) is 2.21. The molecule has 0 aromatic heterocycles. The third kappa shape index (κ3) is 2.47. The number of hydrogen-bond donors (Lipinski definition) is 0. The lowest BCUT2D eigenvalue weighted by Crippen LogP contribution is -2.36. The van der Waals surface area contributed by atoms with E-state index in [1.54, 1.807) is 6.92 Å². The zero-order chi connectivity index (χ0) is 12.3. The van der Waals surface area contributed by atoms with Crippen LogP contribution < -0.4 is 4.90 Å². The molecule has 0 bridgehead atoms. The summed E-state index contributed by atoms with van der Waals surface area (Å²) in [4.78, 5) is 13.9. The second-order valence-corrected chi connectivity index (χ2v) is 4.51. The molecule has 3 nitrogen and oxygen atoms in total. The summed E-state index contributed by atoms with van der Waals surface area (Å²) in [7, 11) is 0. The second-order valence-electron chi connectivity index (χ2n) is 4.51. The Kier molecular flexibility index (Phi) is 3.43. The van der Waals surface area contributed by atoms with Gasteiger partial charge in [0.05, 0.1) is 12.0 Å². The van der Waals surface area contributed by atoms with Crippen molar-refractivity contribution in [2.75, 3.05) is 11.4 Å². The van der Waals surface area contributed by atoms with Crippen LogP contribution in [0.4, 0.5) is 5.69 Å². The van der Waals surface area contributed by atoms with Crippen molar-refractivity contribution in [1.29, 1.82) is 5.26 Å². The van der Waals surface area contributed by atoms with Crippen molar-refractivity contribution < 1.29 is 4.79 Å². The molecule has 1 amide bonds. The van der Waals surface area contributed by atoms with E-state index in [2.05, 4.69) is 12.1 Å². The van der Waals surface area contributed by atoms with E-state index in [1.807, 2.05) is 23.1 Å². The van der Waals surface area contributed by atoms with E-state index < -0.39 is 0 Å². The molecule has 1 aliphatic heterocycles. The van der Waals surface area contributed by atoms with Gasteiger partial charge in [-0.15, -0.1) is 0 Å². The van der Waals surface area contributed by atoms with Gasteiger partial charge in [-0.3, -0.25) is 4.79 Å². The average molecular weight is 228 g/mol. The number of fused-ring (bicyclic) bond motifs is 1. The average Bonchev–Trinajstić information content (AvgIpc) is 2.37. The van der Waals surface area contributed by atoms with Crippen molar-refractivity contribution in [2.45, 2.75) is 26.2 Å². The summed E-state index contributed by atoms with van der Waals surface area (Å²) >= 11 is 0. The Labute approximate surface area is 102 Å². The van der Waals surface area contributed by atoms with Gasteiger partial charge >= 0.3 is 0 Å². The maximum absolute atomic E-state index is 12.1. The highest BCUT2D eigenvalue weighted by Crippen LogP contribution is 2.27. The maximum atomic E-state index is 12.1. The topological polar surface area (TPSA) is 44.1 Å². The summed E-state index contributed by atoms with van der Waals surface area (Å²) in [5, 5.41) is 8.76.